The molecule has 5 nitrogen and oxygen atoms in total. The number of carbonyl (C=O) groups is 1. The van der Waals surface area contributed by atoms with Crippen molar-refractivity contribution in [3.05, 3.63) is 71.8 Å². The Hall–Kier alpha value is -2.18. The van der Waals surface area contributed by atoms with E-state index >= 15 is 0 Å². The van der Waals surface area contributed by atoms with Gasteiger partial charge in [0.2, 0.25) is 15.9 Å². The highest BCUT2D eigenvalue weighted by Crippen LogP contribution is 2.10. The summed E-state index contributed by atoms with van der Waals surface area (Å²) in [5.41, 5.74) is 2.08. The van der Waals surface area contributed by atoms with Crippen LogP contribution in [0, 0.1) is 0 Å². The smallest absolute Gasteiger partial charge is 0.235 e. The summed E-state index contributed by atoms with van der Waals surface area (Å²) >= 11 is 0. The van der Waals surface area contributed by atoms with Gasteiger partial charge in [-0.1, -0.05) is 60.7 Å². The quantitative estimate of drug-likeness (QED) is 0.721. The minimum atomic E-state index is -3.46. The van der Waals surface area contributed by atoms with E-state index < -0.39 is 10.0 Å². The van der Waals surface area contributed by atoms with E-state index in [1.165, 1.54) is 0 Å². The Balaban J connectivity index is 1.72. The largest absolute Gasteiger partial charge is 0.348 e. The molecule has 0 heterocycles. The zero-order valence-corrected chi connectivity index (χ0v) is 15.1. The van der Waals surface area contributed by atoms with Crippen LogP contribution in [0.4, 0.5) is 0 Å². The maximum absolute atomic E-state index is 12.0. The van der Waals surface area contributed by atoms with Crippen LogP contribution in [0.3, 0.4) is 0 Å². The molecule has 0 radical (unpaired) electrons. The lowest BCUT2D eigenvalue weighted by Gasteiger charge is -2.14. The summed E-state index contributed by atoms with van der Waals surface area (Å²) in [7, 11) is -3.46. The monoisotopic (exact) mass is 360 g/mol. The highest BCUT2D eigenvalue weighted by molar-refractivity contribution is 7.89. The normalized spacial score (nSPS) is 12.5. The minimum Gasteiger partial charge on any atom is -0.348 e. The van der Waals surface area contributed by atoms with Crippen LogP contribution in [-0.4, -0.2) is 26.6 Å². The zero-order valence-electron chi connectivity index (χ0n) is 14.3. The van der Waals surface area contributed by atoms with Crippen LogP contribution in [0.15, 0.2) is 60.7 Å². The van der Waals surface area contributed by atoms with Gasteiger partial charge in [-0.15, -0.1) is 0 Å². The molecule has 0 saturated heterocycles. The molecule has 0 bridgehead atoms. The van der Waals surface area contributed by atoms with Crippen molar-refractivity contribution in [1.82, 2.24) is 10.0 Å². The van der Waals surface area contributed by atoms with Crippen molar-refractivity contribution in [3.63, 3.8) is 0 Å². The van der Waals surface area contributed by atoms with Crippen LogP contribution in [0.2, 0.25) is 0 Å². The number of hydrogen-bond donors (Lipinski definition) is 2. The molecule has 2 rings (SSSR count). The van der Waals surface area contributed by atoms with E-state index in [0.717, 1.165) is 11.1 Å². The summed E-state index contributed by atoms with van der Waals surface area (Å²) in [4.78, 5) is 11.9. The fourth-order valence-electron chi connectivity index (χ4n) is 2.48. The Morgan fingerprint density at radius 1 is 1.00 bits per heavy atom. The summed E-state index contributed by atoms with van der Waals surface area (Å²) in [6.45, 7) is 1.62. The van der Waals surface area contributed by atoms with Gasteiger partial charge in [0.1, 0.15) is 0 Å². The van der Waals surface area contributed by atoms with Gasteiger partial charge < -0.3 is 5.32 Å². The lowest BCUT2D eigenvalue weighted by Crippen LogP contribution is -2.38. The van der Waals surface area contributed by atoms with Crippen molar-refractivity contribution >= 4 is 15.9 Å². The number of nitrogens with one attached hydrogen (secondary N) is 2. The SMILES string of the molecule is CC(NC(=O)CNS(=O)(=O)CCCc1ccccc1)c1ccccc1. The molecule has 0 aromatic heterocycles. The predicted molar refractivity (Wildman–Crippen MR) is 99.6 cm³/mol. The number of aryl methyl sites for hydroxylation is 1. The molecule has 1 atom stereocenters. The number of benzene rings is 2. The van der Waals surface area contributed by atoms with Crippen molar-refractivity contribution < 1.29 is 13.2 Å². The molecule has 0 aliphatic carbocycles. The van der Waals surface area contributed by atoms with Crippen LogP contribution in [-0.2, 0) is 21.2 Å². The number of rotatable bonds is 9. The second kappa shape index (κ2) is 9.34. The molecule has 2 N–H and O–H groups in total. The Morgan fingerprint density at radius 2 is 1.60 bits per heavy atom. The second-order valence-corrected chi connectivity index (χ2v) is 7.86. The molecular formula is C19H24N2O3S. The molecule has 1 unspecified atom stereocenters. The fourth-order valence-corrected chi connectivity index (χ4v) is 3.50. The number of amides is 1. The van der Waals surface area contributed by atoms with Crippen molar-refractivity contribution in [3.8, 4) is 0 Å². The van der Waals surface area contributed by atoms with E-state index in [1.807, 2.05) is 67.6 Å². The zero-order chi connectivity index (χ0) is 18.1. The molecule has 0 saturated carbocycles. The summed E-state index contributed by atoms with van der Waals surface area (Å²) in [6, 6.07) is 19.1. The van der Waals surface area contributed by atoms with Gasteiger partial charge in [0.15, 0.2) is 0 Å². The van der Waals surface area contributed by atoms with Gasteiger partial charge in [-0.3, -0.25) is 4.79 Å². The van der Waals surface area contributed by atoms with Gasteiger partial charge in [0.05, 0.1) is 18.3 Å². The van der Waals surface area contributed by atoms with Gasteiger partial charge in [0, 0.05) is 0 Å². The first-order valence-electron chi connectivity index (χ1n) is 8.32. The van der Waals surface area contributed by atoms with E-state index in [9.17, 15) is 13.2 Å². The summed E-state index contributed by atoms with van der Waals surface area (Å²) in [5, 5.41) is 2.78. The summed E-state index contributed by atoms with van der Waals surface area (Å²) in [6.07, 6.45) is 1.21. The van der Waals surface area contributed by atoms with Crippen LogP contribution in [0.5, 0.6) is 0 Å². The highest BCUT2D eigenvalue weighted by Gasteiger charge is 2.14. The first kappa shape index (κ1) is 19.1. The average molecular weight is 360 g/mol. The second-order valence-electron chi connectivity index (χ2n) is 5.93. The van der Waals surface area contributed by atoms with E-state index in [-0.39, 0.29) is 24.2 Å². The summed E-state index contributed by atoms with van der Waals surface area (Å²) < 4.78 is 26.3. The third-order valence-corrected chi connectivity index (χ3v) is 5.26. The Labute approximate surface area is 149 Å². The van der Waals surface area contributed by atoms with E-state index in [2.05, 4.69) is 10.0 Å². The standard InChI is InChI=1S/C19H24N2O3S/c1-16(18-12-6-3-7-13-18)21-19(22)15-20-25(23,24)14-8-11-17-9-4-2-5-10-17/h2-7,9-10,12-13,16,20H,8,11,14-15H2,1H3,(H,21,22). The fraction of sp³-hybridized carbons (Fsp3) is 0.316. The van der Waals surface area contributed by atoms with Gasteiger partial charge in [0.25, 0.3) is 0 Å². The maximum Gasteiger partial charge on any atom is 0.235 e. The topological polar surface area (TPSA) is 75.3 Å². The first-order chi connectivity index (χ1) is 12.0. The van der Waals surface area contributed by atoms with Crippen LogP contribution in [0.1, 0.15) is 30.5 Å². The number of sulfonamides is 1. The van der Waals surface area contributed by atoms with Gasteiger partial charge in [-0.05, 0) is 30.9 Å². The Morgan fingerprint density at radius 3 is 2.24 bits per heavy atom. The molecule has 6 heteroatoms. The number of carbonyl (C=O) groups excluding carboxylic acids is 1. The molecule has 2 aromatic carbocycles. The van der Waals surface area contributed by atoms with Crippen molar-refractivity contribution in [2.45, 2.75) is 25.8 Å². The van der Waals surface area contributed by atoms with Crippen LogP contribution in [0.25, 0.3) is 0 Å². The van der Waals surface area contributed by atoms with E-state index in [4.69, 9.17) is 0 Å². The van der Waals surface area contributed by atoms with Crippen molar-refractivity contribution in [2.75, 3.05) is 12.3 Å². The van der Waals surface area contributed by atoms with E-state index in [0.29, 0.717) is 12.8 Å². The van der Waals surface area contributed by atoms with Gasteiger partial charge in [-0.25, -0.2) is 13.1 Å². The maximum atomic E-state index is 12.0. The Bertz CT molecular complexity index is 762. The molecule has 0 aliphatic heterocycles. The van der Waals surface area contributed by atoms with Gasteiger partial charge in [-0.2, -0.15) is 0 Å². The van der Waals surface area contributed by atoms with Crippen molar-refractivity contribution in [2.24, 2.45) is 0 Å². The minimum absolute atomic E-state index is 0.00339. The highest BCUT2D eigenvalue weighted by atomic mass is 32.2. The lowest BCUT2D eigenvalue weighted by atomic mass is 10.1. The lowest BCUT2D eigenvalue weighted by molar-refractivity contribution is -0.120. The van der Waals surface area contributed by atoms with Crippen LogP contribution >= 0.6 is 0 Å². The molecule has 1 amide bonds. The average Bonchev–Trinajstić information content (AvgIpc) is 2.62. The Kier molecular flexibility index (Phi) is 7.16. The third-order valence-electron chi connectivity index (χ3n) is 3.85. The molecule has 0 fully saturated rings. The molecule has 134 valence electrons. The summed E-state index contributed by atoms with van der Waals surface area (Å²) in [5.74, 6) is -0.341. The predicted octanol–water partition coefficient (Wildman–Crippen LogP) is 2.42. The molecule has 0 spiro atoms. The van der Waals surface area contributed by atoms with Gasteiger partial charge >= 0.3 is 0 Å². The molecular weight excluding hydrogens is 336 g/mol. The molecule has 0 aliphatic rings. The third kappa shape index (κ3) is 7.07. The first-order valence-corrected chi connectivity index (χ1v) is 9.97. The molecule has 2 aromatic rings. The van der Waals surface area contributed by atoms with E-state index in [1.54, 1.807) is 0 Å². The number of hydrogen-bond acceptors (Lipinski definition) is 3. The van der Waals surface area contributed by atoms with Crippen molar-refractivity contribution in [1.29, 1.82) is 0 Å². The molecule has 25 heavy (non-hydrogen) atoms. The van der Waals surface area contributed by atoms with Crippen LogP contribution < -0.4 is 10.0 Å².